The Hall–Kier alpha value is -3.40. The Labute approximate surface area is 131 Å². The Bertz CT molecular complexity index is 923. The van der Waals surface area contributed by atoms with Crippen LogP contribution >= 0.6 is 0 Å². The van der Waals surface area contributed by atoms with Gasteiger partial charge in [-0.3, -0.25) is 10.1 Å². The zero-order chi connectivity index (χ0) is 16.4. The van der Waals surface area contributed by atoms with E-state index >= 15 is 0 Å². The number of hydrogen-bond donors (Lipinski definition) is 0. The van der Waals surface area contributed by atoms with Gasteiger partial charge in [0.1, 0.15) is 18.2 Å². The van der Waals surface area contributed by atoms with Gasteiger partial charge in [-0.2, -0.15) is 5.26 Å². The van der Waals surface area contributed by atoms with Gasteiger partial charge in [0, 0.05) is 19.2 Å². The summed E-state index contributed by atoms with van der Waals surface area (Å²) in [5.41, 5.74) is 1.93. The third kappa shape index (κ3) is 2.82. The molecule has 0 bridgehead atoms. The molecule has 7 heteroatoms. The van der Waals surface area contributed by atoms with E-state index in [4.69, 9.17) is 10.00 Å². The van der Waals surface area contributed by atoms with Crippen molar-refractivity contribution in [2.24, 2.45) is 7.05 Å². The maximum absolute atomic E-state index is 10.8. The molecule has 0 saturated heterocycles. The molecule has 3 rings (SSSR count). The fourth-order valence-electron chi connectivity index (χ4n) is 2.25. The van der Waals surface area contributed by atoms with Crippen LogP contribution in [-0.2, 0) is 13.7 Å². The van der Waals surface area contributed by atoms with Crippen LogP contribution in [0.4, 0.5) is 5.69 Å². The first-order chi connectivity index (χ1) is 11.1. The van der Waals surface area contributed by atoms with E-state index in [1.165, 1.54) is 12.1 Å². The smallest absolute Gasteiger partial charge is 0.271 e. The molecule has 0 amide bonds. The highest BCUT2D eigenvalue weighted by Crippen LogP contribution is 2.22. The van der Waals surface area contributed by atoms with Crippen LogP contribution in [0.25, 0.3) is 11.0 Å². The maximum atomic E-state index is 10.8. The van der Waals surface area contributed by atoms with Crippen LogP contribution in [0.15, 0.2) is 42.5 Å². The van der Waals surface area contributed by atoms with Gasteiger partial charge >= 0.3 is 0 Å². The second-order valence-electron chi connectivity index (χ2n) is 4.94. The standard InChI is InChI=1S/C16H12N4O3/c1-19-15-7-4-12(20(21)22)8-14(15)18-16(19)10-23-13-5-2-11(9-17)3-6-13/h2-8H,10H2,1H3. The van der Waals surface area contributed by atoms with Crippen LogP contribution in [0.1, 0.15) is 11.4 Å². The van der Waals surface area contributed by atoms with E-state index in [-0.39, 0.29) is 12.3 Å². The molecular weight excluding hydrogens is 296 g/mol. The molecule has 23 heavy (non-hydrogen) atoms. The van der Waals surface area contributed by atoms with E-state index in [0.717, 1.165) is 5.52 Å². The Morgan fingerprint density at radius 3 is 2.70 bits per heavy atom. The van der Waals surface area contributed by atoms with Gasteiger partial charge in [-0.15, -0.1) is 0 Å². The van der Waals surface area contributed by atoms with E-state index < -0.39 is 4.92 Å². The van der Waals surface area contributed by atoms with Crippen molar-refractivity contribution >= 4 is 16.7 Å². The number of fused-ring (bicyclic) bond motifs is 1. The minimum Gasteiger partial charge on any atom is -0.486 e. The number of non-ortho nitro benzene ring substituents is 1. The largest absolute Gasteiger partial charge is 0.486 e. The Morgan fingerprint density at radius 1 is 1.30 bits per heavy atom. The summed E-state index contributed by atoms with van der Waals surface area (Å²) >= 11 is 0. The number of benzene rings is 2. The van der Waals surface area contributed by atoms with Crippen LogP contribution in [0.3, 0.4) is 0 Å². The van der Waals surface area contributed by atoms with Crippen molar-refractivity contribution in [2.75, 3.05) is 0 Å². The summed E-state index contributed by atoms with van der Waals surface area (Å²) in [5.74, 6) is 1.28. The van der Waals surface area contributed by atoms with Crippen LogP contribution < -0.4 is 4.74 Å². The van der Waals surface area contributed by atoms with Crippen molar-refractivity contribution in [1.82, 2.24) is 9.55 Å². The lowest BCUT2D eigenvalue weighted by Crippen LogP contribution is -2.03. The monoisotopic (exact) mass is 308 g/mol. The minimum absolute atomic E-state index is 0.00941. The first-order valence-corrected chi connectivity index (χ1v) is 6.81. The quantitative estimate of drug-likeness (QED) is 0.545. The molecule has 0 fully saturated rings. The van der Waals surface area contributed by atoms with Crippen LogP contribution in [-0.4, -0.2) is 14.5 Å². The molecular formula is C16H12N4O3. The van der Waals surface area contributed by atoms with Gasteiger partial charge in [-0.05, 0) is 30.3 Å². The Kier molecular flexibility index (Phi) is 3.65. The predicted octanol–water partition coefficient (Wildman–Crippen LogP) is 2.93. The lowest BCUT2D eigenvalue weighted by atomic mass is 10.2. The van der Waals surface area contributed by atoms with Crippen LogP contribution in [0.2, 0.25) is 0 Å². The van der Waals surface area contributed by atoms with Crippen molar-refractivity contribution in [3.8, 4) is 11.8 Å². The fraction of sp³-hybridized carbons (Fsp3) is 0.125. The zero-order valence-electron chi connectivity index (χ0n) is 12.3. The first-order valence-electron chi connectivity index (χ1n) is 6.81. The minimum atomic E-state index is -0.443. The zero-order valence-corrected chi connectivity index (χ0v) is 12.3. The van der Waals surface area contributed by atoms with Gasteiger partial charge in [0.25, 0.3) is 5.69 Å². The van der Waals surface area contributed by atoms with E-state index in [9.17, 15) is 10.1 Å². The molecule has 0 unspecified atom stereocenters. The molecule has 0 aliphatic heterocycles. The number of aryl methyl sites for hydroxylation is 1. The number of nitriles is 1. The highest BCUT2D eigenvalue weighted by atomic mass is 16.6. The molecule has 0 aliphatic rings. The number of nitro groups is 1. The number of hydrogen-bond acceptors (Lipinski definition) is 5. The Balaban J connectivity index is 1.83. The summed E-state index contributed by atoms with van der Waals surface area (Å²) in [6.07, 6.45) is 0. The summed E-state index contributed by atoms with van der Waals surface area (Å²) in [4.78, 5) is 14.8. The summed E-state index contributed by atoms with van der Waals surface area (Å²) in [6.45, 7) is 0.227. The van der Waals surface area contributed by atoms with E-state index in [1.54, 1.807) is 30.3 Å². The van der Waals surface area contributed by atoms with Crippen molar-refractivity contribution in [2.45, 2.75) is 6.61 Å². The molecule has 114 valence electrons. The molecule has 7 nitrogen and oxygen atoms in total. The average Bonchev–Trinajstić information content (AvgIpc) is 2.89. The number of nitrogens with zero attached hydrogens (tertiary/aromatic N) is 4. The predicted molar refractivity (Wildman–Crippen MR) is 82.9 cm³/mol. The highest BCUT2D eigenvalue weighted by Gasteiger charge is 2.13. The molecule has 0 atom stereocenters. The summed E-state index contributed by atoms with van der Waals surface area (Å²) in [6, 6.07) is 13.4. The molecule has 0 aliphatic carbocycles. The summed E-state index contributed by atoms with van der Waals surface area (Å²) < 4.78 is 7.49. The SMILES string of the molecule is Cn1c(COc2ccc(C#N)cc2)nc2cc([N+](=O)[O-])ccc21. The molecule has 0 N–H and O–H groups in total. The number of nitro benzene ring substituents is 1. The van der Waals surface area contributed by atoms with E-state index in [1.807, 2.05) is 17.7 Å². The topological polar surface area (TPSA) is 94.0 Å². The van der Waals surface area contributed by atoms with Crippen molar-refractivity contribution in [3.05, 3.63) is 64.0 Å². The van der Waals surface area contributed by atoms with Crippen molar-refractivity contribution in [1.29, 1.82) is 5.26 Å². The van der Waals surface area contributed by atoms with Crippen LogP contribution in [0.5, 0.6) is 5.75 Å². The molecule has 0 saturated carbocycles. The van der Waals surface area contributed by atoms with Gasteiger partial charge < -0.3 is 9.30 Å². The second kappa shape index (κ2) is 5.77. The van der Waals surface area contributed by atoms with Gasteiger partial charge in [0.05, 0.1) is 27.6 Å². The summed E-state index contributed by atoms with van der Waals surface area (Å²) in [7, 11) is 1.83. The molecule has 0 spiro atoms. The number of ether oxygens (including phenoxy) is 1. The fourth-order valence-corrected chi connectivity index (χ4v) is 2.25. The van der Waals surface area contributed by atoms with Crippen molar-refractivity contribution in [3.63, 3.8) is 0 Å². The summed E-state index contributed by atoms with van der Waals surface area (Å²) in [5, 5.41) is 19.6. The molecule has 1 heterocycles. The molecule has 2 aromatic carbocycles. The van der Waals surface area contributed by atoms with E-state index in [2.05, 4.69) is 4.98 Å². The lowest BCUT2D eigenvalue weighted by Gasteiger charge is -2.06. The normalized spacial score (nSPS) is 10.4. The third-order valence-electron chi connectivity index (χ3n) is 3.52. The number of aromatic nitrogens is 2. The number of rotatable bonds is 4. The highest BCUT2D eigenvalue weighted by molar-refractivity contribution is 5.78. The van der Waals surface area contributed by atoms with Gasteiger partial charge in [0.15, 0.2) is 0 Å². The lowest BCUT2D eigenvalue weighted by molar-refractivity contribution is -0.384. The third-order valence-corrected chi connectivity index (χ3v) is 3.52. The maximum Gasteiger partial charge on any atom is 0.271 e. The second-order valence-corrected chi connectivity index (χ2v) is 4.94. The van der Waals surface area contributed by atoms with Gasteiger partial charge in [0.2, 0.25) is 0 Å². The molecule has 1 aromatic heterocycles. The number of imidazole rings is 1. The van der Waals surface area contributed by atoms with Gasteiger partial charge in [-0.25, -0.2) is 4.98 Å². The molecule has 3 aromatic rings. The van der Waals surface area contributed by atoms with E-state index in [0.29, 0.717) is 22.7 Å². The Morgan fingerprint density at radius 2 is 2.04 bits per heavy atom. The van der Waals surface area contributed by atoms with Crippen LogP contribution in [0, 0.1) is 21.4 Å². The van der Waals surface area contributed by atoms with Gasteiger partial charge in [-0.1, -0.05) is 0 Å². The van der Waals surface area contributed by atoms with Crippen molar-refractivity contribution < 1.29 is 9.66 Å². The first kappa shape index (κ1) is 14.5. The molecule has 0 radical (unpaired) electrons. The average molecular weight is 308 g/mol.